The first-order valence-electron chi connectivity index (χ1n) is 7.52. The van der Waals surface area contributed by atoms with Gasteiger partial charge in [-0.05, 0) is 30.4 Å². The number of aromatic nitrogens is 1. The van der Waals surface area contributed by atoms with E-state index in [4.69, 9.17) is 0 Å². The number of rotatable bonds is 5. The standard InChI is InChI=1S/C16H23N3O2/c1-4-13-16(21)19(10-12-6-5-7-17-9-12)14(8-11(2)3)15(20)18-13/h5-7,9,11,13-14H,4,8,10H2,1-3H3,(H,18,20). The molecule has 114 valence electrons. The van der Waals surface area contributed by atoms with Gasteiger partial charge in [0, 0.05) is 18.9 Å². The van der Waals surface area contributed by atoms with Crippen molar-refractivity contribution in [3.05, 3.63) is 30.1 Å². The minimum atomic E-state index is -0.405. The summed E-state index contributed by atoms with van der Waals surface area (Å²) in [5.74, 6) is 0.314. The average molecular weight is 289 g/mol. The molecule has 1 saturated heterocycles. The first-order chi connectivity index (χ1) is 10.0. The molecule has 1 fully saturated rings. The highest BCUT2D eigenvalue weighted by Gasteiger charge is 2.39. The van der Waals surface area contributed by atoms with Gasteiger partial charge in [-0.3, -0.25) is 14.6 Å². The van der Waals surface area contributed by atoms with E-state index in [0.29, 0.717) is 25.3 Å². The van der Waals surface area contributed by atoms with Crippen molar-refractivity contribution in [2.45, 2.75) is 52.2 Å². The van der Waals surface area contributed by atoms with E-state index in [1.54, 1.807) is 17.3 Å². The van der Waals surface area contributed by atoms with E-state index in [1.165, 1.54) is 0 Å². The molecule has 0 radical (unpaired) electrons. The summed E-state index contributed by atoms with van der Waals surface area (Å²) in [6.45, 7) is 6.47. The zero-order chi connectivity index (χ0) is 15.4. The molecule has 0 spiro atoms. The molecule has 0 saturated carbocycles. The van der Waals surface area contributed by atoms with Crippen LogP contribution < -0.4 is 5.32 Å². The fourth-order valence-corrected chi connectivity index (χ4v) is 2.66. The van der Waals surface area contributed by atoms with Crippen molar-refractivity contribution in [1.82, 2.24) is 15.2 Å². The summed E-state index contributed by atoms with van der Waals surface area (Å²) in [7, 11) is 0. The monoisotopic (exact) mass is 289 g/mol. The number of hydrogen-bond acceptors (Lipinski definition) is 3. The van der Waals surface area contributed by atoms with Crippen LogP contribution in [0.4, 0.5) is 0 Å². The third-order valence-corrected chi connectivity index (χ3v) is 3.76. The van der Waals surface area contributed by atoms with Gasteiger partial charge in [0.05, 0.1) is 0 Å². The lowest BCUT2D eigenvalue weighted by atomic mass is 9.96. The van der Waals surface area contributed by atoms with Crippen LogP contribution in [-0.4, -0.2) is 33.8 Å². The van der Waals surface area contributed by atoms with Gasteiger partial charge in [-0.1, -0.05) is 26.8 Å². The van der Waals surface area contributed by atoms with E-state index in [2.05, 4.69) is 24.1 Å². The fourth-order valence-electron chi connectivity index (χ4n) is 2.66. The van der Waals surface area contributed by atoms with Crippen LogP contribution in [0.3, 0.4) is 0 Å². The van der Waals surface area contributed by atoms with Crippen molar-refractivity contribution < 1.29 is 9.59 Å². The third-order valence-electron chi connectivity index (χ3n) is 3.76. The van der Waals surface area contributed by atoms with Gasteiger partial charge in [-0.25, -0.2) is 0 Å². The van der Waals surface area contributed by atoms with Gasteiger partial charge >= 0.3 is 0 Å². The van der Waals surface area contributed by atoms with Crippen molar-refractivity contribution >= 4 is 11.8 Å². The maximum Gasteiger partial charge on any atom is 0.246 e. The van der Waals surface area contributed by atoms with Crippen LogP contribution in [0.2, 0.25) is 0 Å². The lowest BCUT2D eigenvalue weighted by Gasteiger charge is -2.39. The second-order valence-electron chi connectivity index (χ2n) is 5.94. The molecule has 21 heavy (non-hydrogen) atoms. The van der Waals surface area contributed by atoms with E-state index in [0.717, 1.165) is 5.56 Å². The van der Waals surface area contributed by atoms with Crippen molar-refractivity contribution in [2.75, 3.05) is 0 Å². The Kier molecular flexibility index (Phi) is 4.94. The second-order valence-corrected chi connectivity index (χ2v) is 5.94. The minimum absolute atomic E-state index is 0.00611. The molecule has 1 aliphatic heterocycles. The fraction of sp³-hybridized carbons (Fsp3) is 0.562. The Morgan fingerprint density at radius 2 is 2.14 bits per heavy atom. The van der Waals surface area contributed by atoms with Gasteiger partial charge in [0.25, 0.3) is 0 Å². The Morgan fingerprint density at radius 1 is 1.38 bits per heavy atom. The predicted molar refractivity (Wildman–Crippen MR) is 80.3 cm³/mol. The lowest BCUT2D eigenvalue weighted by Crippen LogP contribution is -2.63. The molecular weight excluding hydrogens is 266 g/mol. The van der Waals surface area contributed by atoms with E-state index in [1.807, 2.05) is 19.1 Å². The number of amides is 2. The number of pyridine rings is 1. The molecule has 5 heteroatoms. The highest BCUT2D eigenvalue weighted by molar-refractivity contribution is 5.96. The molecular formula is C16H23N3O2. The largest absolute Gasteiger partial charge is 0.343 e. The molecule has 2 rings (SSSR count). The number of hydrogen-bond donors (Lipinski definition) is 1. The second kappa shape index (κ2) is 6.70. The van der Waals surface area contributed by atoms with Crippen LogP contribution >= 0.6 is 0 Å². The van der Waals surface area contributed by atoms with Gasteiger partial charge in [0.15, 0.2) is 0 Å². The molecule has 0 bridgehead atoms. The number of carbonyl (C=O) groups is 2. The van der Waals surface area contributed by atoms with E-state index in [-0.39, 0.29) is 17.9 Å². The molecule has 1 N–H and O–H groups in total. The maximum absolute atomic E-state index is 12.6. The third kappa shape index (κ3) is 3.60. The van der Waals surface area contributed by atoms with Crippen LogP contribution in [0.15, 0.2) is 24.5 Å². The smallest absolute Gasteiger partial charge is 0.246 e. The zero-order valence-corrected chi connectivity index (χ0v) is 12.9. The van der Waals surface area contributed by atoms with Gasteiger partial charge in [-0.2, -0.15) is 0 Å². The van der Waals surface area contributed by atoms with E-state index < -0.39 is 6.04 Å². The van der Waals surface area contributed by atoms with Gasteiger partial charge in [0.1, 0.15) is 12.1 Å². The Balaban J connectivity index is 2.24. The minimum Gasteiger partial charge on any atom is -0.343 e. The number of nitrogens with one attached hydrogen (secondary N) is 1. The van der Waals surface area contributed by atoms with Crippen LogP contribution in [0.5, 0.6) is 0 Å². The Bertz CT molecular complexity index is 502. The van der Waals surface area contributed by atoms with E-state index in [9.17, 15) is 9.59 Å². The average Bonchev–Trinajstić information content (AvgIpc) is 2.47. The zero-order valence-electron chi connectivity index (χ0n) is 12.9. The highest BCUT2D eigenvalue weighted by Crippen LogP contribution is 2.21. The van der Waals surface area contributed by atoms with Crippen LogP contribution in [0.25, 0.3) is 0 Å². The summed E-state index contributed by atoms with van der Waals surface area (Å²) in [5.41, 5.74) is 0.948. The lowest BCUT2D eigenvalue weighted by molar-refractivity contribution is -0.150. The maximum atomic E-state index is 12.6. The molecule has 2 atom stereocenters. The Hall–Kier alpha value is -1.91. The predicted octanol–water partition coefficient (Wildman–Crippen LogP) is 1.73. The Labute approximate surface area is 125 Å². The first kappa shape index (κ1) is 15.5. The Morgan fingerprint density at radius 3 is 2.71 bits per heavy atom. The molecule has 5 nitrogen and oxygen atoms in total. The highest BCUT2D eigenvalue weighted by atomic mass is 16.2. The van der Waals surface area contributed by atoms with Crippen LogP contribution in [0.1, 0.15) is 39.2 Å². The van der Waals surface area contributed by atoms with Crippen LogP contribution in [-0.2, 0) is 16.1 Å². The summed E-state index contributed by atoms with van der Waals surface area (Å²) in [6, 6.07) is 2.98. The molecule has 2 amide bonds. The van der Waals surface area contributed by atoms with Crippen LogP contribution in [0, 0.1) is 5.92 Å². The first-order valence-corrected chi connectivity index (χ1v) is 7.52. The molecule has 1 aromatic rings. The molecule has 1 aliphatic rings. The molecule has 2 unspecified atom stereocenters. The molecule has 2 heterocycles. The normalized spacial score (nSPS) is 22.6. The van der Waals surface area contributed by atoms with Crippen molar-refractivity contribution in [1.29, 1.82) is 0 Å². The SMILES string of the molecule is CCC1NC(=O)C(CC(C)C)N(Cc2cccnc2)C1=O. The number of carbonyl (C=O) groups excluding carboxylic acids is 2. The molecule has 0 aliphatic carbocycles. The van der Waals surface area contributed by atoms with Gasteiger partial charge < -0.3 is 10.2 Å². The van der Waals surface area contributed by atoms with Crippen molar-refractivity contribution in [3.8, 4) is 0 Å². The number of piperazine rings is 1. The van der Waals surface area contributed by atoms with Crippen molar-refractivity contribution in [2.24, 2.45) is 5.92 Å². The van der Waals surface area contributed by atoms with Gasteiger partial charge in [0.2, 0.25) is 11.8 Å². The summed E-state index contributed by atoms with van der Waals surface area (Å²) in [6.07, 6.45) is 4.73. The molecule has 0 aromatic carbocycles. The number of nitrogens with zero attached hydrogens (tertiary/aromatic N) is 2. The van der Waals surface area contributed by atoms with Crippen molar-refractivity contribution in [3.63, 3.8) is 0 Å². The quantitative estimate of drug-likeness (QED) is 0.898. The summed E-state index contributed by atoms with van der Waals surface area (Å²) < 4.78 is 0. The van der Waals surface area contributed by atoms with E-state index >= 15 is 0 Å². The summed E-state index contributed by atoms with van der Waals surface area (Å²) in [5, 5.41) is 2.84. The van der Waals surface area contributed by atoms with Gasteiger partial charge in [-0.15, -0.1) is 0 Å². The molecule has 1 aromatic heterocycles. The summed E-state index contributed by atoms with van der Waals surface area (Å²) in [4.78, 5) is 30.7. The summed E-state index contributed by atoms with van der Waals surface area (Å²) >= 11 is 0. The topological polar surface area (TPSA) is 62.3 Å².